The van der Waals surface area contributed by atoms with Crippen LogP contribution in [0.2, 0.25) is 0 Å². The summed E-state index contributed by atoms with van der Waals surface area (Å²) < 4.78 is 27.2. The van der Waals surface area contributed by atoms with E-state index in [9.17, 15) is 0 Å². The summed E-state index contributed by atoms with van der Waals surface area (Å²) in [5, 5.41) is 4.14. The molecule has 3 aromatic rings. The maximum atomic E-state index is 5.57. The summed E-state index contributed by atoms with van der Waals surface area (Å²) in [7, 11) is 0. The molecule has 2 aliphatic rings. The topological polar surface area (TPSA) is 75.8 Å². The van der Waals surface area contributed by atoms with Crippen LogP contribution in [0.5, 0.6) is 23.0 Å². The van der Waals surface area contributed by atoms with Gasteiger partial charge in [0.15, 0.2) is 23.0 Å². The Morgan fingerprint density at radius 1 is 0.808 bits per heavy atom. The van der Waals surface area contributed by atoms with Gasteiger partial charge in [-0.15, -0.1) is 0 Å². The molecular formula is C19H16N2O5. The molecule has 0 spiro atoms. The van der Waals surface area contributed by atoms with Gasteiger partial charge in [-0.25, -0.2) is 0 Å². The van der Waals surface area contributed by atoms with Gasteiger partial charge in [-0.3, -0.25) is 0 Å². The average Bonchev–Trinajstić information content (AvgIpc) is 3.39. The largest absolute Gasteiger partial charge is 0.454 e. The highest BCUT2D eigenvalue weighted by Gasteiger charge is 2.32. The minimum Gasteiger partial charge on any atom is -0.454 e. The van der Waals surface area contributed by atoms with Gasteiger partial charge in [0.25, 0.3) is 0 Å². The number of fused-ring (bicyclic) bond motifs is 2. The lowest BCUT2D eigenvalue weighted by Gasteiger charge is -2.20. The Morgan fingerprint density at radius 2 is 1.46 bits per heavy atom. The van der Waals surface area contributed by atoms with Crippen LogP contribution in [0.15, 0.2) is 40.9 Å². The number of rotatable bonds is 3. The lowest BCUT2D eigenvalue weighted by Crippen LogP contribution is -2.19. The summed E-state index contributed by atoms with van der Waals surface area (Å²) in [5.74, 6) is 3.90. The van der Waals surface area contributed by atoms with Gasteiger partial charge in [0.2, 0.25) is 25.3 Å². The Bertz CT molecular complexity index is 995. The number of benzene rings is 2. The van der Waals surface area contributed by atoms with E-state index in [2.05, 4.69) is 10.1 Å². The molecule has 0 radical (unpaired) electrons. The van der Waals surface area contributed by atoms with Gasteiger partial charge in [0.1, 0.15) is 0 Å². The van der Waals surface area contributed by atoms with E-state index in [0.717, 1.165) is 28.4 Å². The van der Waals surface area contributed by atoms with Gasteiger partial charge in [-0.05, 0) is 49.7 Å². The number of hydrogen-bond acceptors (Lipinski definition) is 7. The van der Waals surface area contributed by atoms with Crippen LogP contribution in [0.25, 0.3) is 11.4 Å². The SMILES string of the molecule is CC(C)(c1ccc2c(c1)OCO2)c1nc(-c2ccc3c(c2)OCO3)no1. The first-order valence-corrected chi connectivity index (χ1v) is 8.25. The minimum atomic E-state index is -0.484. The van der Waals surface area contributed by atoms with Crippen LogP contribution in [-0.2, 0) is 5.41 Å². The Labute approximate surface area is 149 Å². The summed E-state index contributed by atoms with van der Waals surface area (Å²) >= 11 is 0. The Hall–Kier alpha value is -3.22. The summed E-state index contributed by atoms with van der Waals surface area (Å²) in [6.07, 6.45) is 0. The Balaban J connectivity index is 1.49. The molecule has 26 heavy (non-hydrogen) atoms. The molecule has 0 bridgehead atoms. The monoisotopic (exact) mass is 352 g/mol. The predicted molar refractivity (Wildman–Crippen MR) is 90.6 cm³/mol. The fourth-order valence-corrected chi connectivity index (χ4v) is 3.04. The standard InChI is InChI=1S/C19H16N2O5/c1-19(2,12-4-6-14-16(8-12)25-10-23-14)18-20-17(21-26-18)11-3-5-13-15(7-11)24-9-22-13/h3-8H,9-10H2,1-2H3. The maximum Gasteiger partial charge on any atom is 0.237 e. The van der Waals surface area contributed by atoms with Crippen molar-refractivity contribution in [1.29, 1.82) is 0 Å². The third-order valence-electron chi connectivity index (χ3n) is 4.69. The van der Waals surface area contributed by atoms with Crippen LogP contribution in [0.4, 0.5) is 0 Å². The molecule has 0 unspecified atom stereocenters. The molecule has 0 saturated carbocycles. The Morgan fingerprint density at radius 3 is 2.23 bits per heavy atom. The first-order valence-electron chi connectivity index (χ1n) is 8.25. The first kappa shape index (κ1) is 15.1. The zero-order valence-corrected chi connectivity index (χ0v) is 14.3. The van der Waals surface area contributed by atoms with Crippen molar-refractivity contribution in [1.82, 2.24) is 10.1 Å². The highest BCUT2D eigenvalue weighted by molar-refractivity contribution is 5.61. The van der Waals surface area contributed by atoms with E-state index < -0.39 is 5.41 Å². The molecule has 1 aromatic heterocycles. The number of nitrogens with zero attached hydrogens (tertiary/aromatic N) is 2. The first-order chi connectivity index (χ1) is 12.6. The molecule has 0 atom stereocenters. The van der Waals surface area contributed by atoms with Gasteiger partial charge in [0, 0.05) is 5.56 Å². The molecule has 2 aromatic carbocycles. The molecule has 5 rings (SSSR count). The van der Waals surface area contributed by atoms with Gasteiger partial charge < -0.3 is 23.5 Å². The van der Waals surface area contributed by atoms with Gasteiger partial charge in [-0.2, -0.15) is 4.98 Å². The molecular weight excluding hydrogens is 336 g/mol. The molecule has 0 fully saturated rings. The quantitative estimate of drug-likeness (QED) is 0.714. The van der Waals surface area contributed by atoms with E-state index in [0.29, 0.717) is 17.5 Å². The van der Waals surface area contributed by atoms with E-state index >= 15 is 0 Å². The molecule has 132 valence electrons. The third kappa shape index (κ3) is 2.28. The molecule has 3 heterocycles. The van der Waals surface area contributed by atoms with Crippen molar-refractivity contribution in [3.8, 4) is 34.4 Å². The number of ether oxygens (including phenoxy) is 4. The fraction of sp³-hybridized carbons (Fsp3) is 0.263. The van der Waals surface area contributed by atoms with Gasteiger partial charge in [-0.1, -0.05) is 11.2 Å². The number of aromatic nitrogens is 2. The van der Waals surface area contributed by atoms with Crippen LogP contribution in [0.1, 0.15) is 25.3 Å². The van der Waals surface area contributed by atoms with Crippen LogP contribution in [0, 0.1) is 0 Å². The van der Waals surface area contributed by atoms with E-state index in [1.54, 1.807) is 0 Å². The van der Waals surface area contributed by atoms with Crippen molar-refractivity contribution >= 4 is 0 Å². The van der Waals surface area contributed by atoms with Crippen molar-refractivity contribution in [2.45, 2.75) is 19.3 Å². The number of hydrogen-bond donors (Lipinski definition) is 0. The van der Waals surface area contributed by atoms with E-state index in [1.807, 2.05) is 50.2 Å². The second-order valence-electron chi connectivity index (χ2n) is 6.68. The highest BCUT2D eigenvalue weighted by Crippen LogP contribution is 2.40. The Kier molecular flexibility index (Phi) is 3.12. The van der Waals surface area contributed by atoms with Crippen molar-refractivity contribution in [2.75, 3.05) is 13.6 Å². The summed E-state index contributed by atoms with van der Waals surface area (Å²) in [5.41, 5.74) is 1.33. The smallest absolute Gasteiger partial charge is 0.237 e. The zero-order chi connectivity index (χ0) is 17.7. The van der Waals surface area contributed by atoms with E-state index in [1.165, 1.54) is 0 Å². The second-order valence-corrected chi connectivity index (χ2v) is 6.68. The molecule has 0 amide bonds. The van der Waals surface area contributed by atoms with Gasteiger partial charge >= 0.3 is 0 Å². The molecule has 0 N–H and O–H groups in total. The molecule has 2 aliphatic heterocycles. The van der Waals surface area contributed by atoms with Crippen LogP contribution >= 0.6 is 0 Å². The van der Waals surface area contributed by atoms with Crippen LogP contribution in [-0.4, -0.2) is 23.7 Å². The fourth-order valence-electron chi connectivity index (χ4n) is 3.04. The van der Waals surface area contributed by atoms with Crippen molar-refractivity contribution in [3.05, 3.63) is 47.9 Å². The molecule has 0 aliphatic carbocycles. The van der Waals surface area contributed by atoms with Crippen molar-refractivity contribution in [3.63, 3.8) is 0 Å². The van der Waals surface area contributed by atoms with Crippen LogP contribution < -0.4 is 18.9 Å². The lowest BCUT2D eigenvalue weighted by molar-refractivity contribution is 0.173. The summed E-state index contributed by atoms with van der Waals surface area (Å²) in [4.78, 5) is 4.60. The molecule has 7 heteroatoms. The van der Waals surface area contributed by atoms with Crippen LogP contribution in [0.3, 0.4) is 0 Å². The van der Waals surface area contributed by atoms with E-state index in [-0.39, 0.29) is 13.6 Å². The summed E-state index contributed by atoms with van der Waals surface area (Å²) in [6, 6.07) is 11.4. The van der Waals surface area contributed by atoms with Gasteiger partial charge in [0.05, 0.1) is 5.41 Å². The zero-order valence-electron chi connectivity index (χ0n) is 14.3. The predicted octanol–water partition coefficient (Wildman–Crippen LogP) is 3.52. The summed E-state index contributed by atoms with van der Waals surface area (Å²) in [6.45, 7) is 4.53. The van der Waals surface area contributed by atoms with E-state index in [4.69, 9.17) is 23.5 Å². The molecule has 0 saturated heterocycles. The lowest BCUT2D eigenvalue weighted by atomic mass is 9.84. The minimum absolute atomic E-state index is 0.230. The highest BCUT2D eigenvalue weighted by atomic mass is 16.7. The molecule has 7 nitrogen and oxygen atoms in total. The third-order valence-corrected chi connectivity index (χ3v) is 4.69. The average molecular weight is 352 g/mol. The van der Waals surface area contributed by atoms with Crippen molar-refractivity contribution in [2.24, 2.45) is 0 Å². The normalized spacial score (nSPS) is 14.7. The maximum absolute atomic E-state index is 5.57. The second kappa shape index (κ2) is 5.39. The van der Waals surface area contributed by atoms with Crippen molar-refractivity contribution < 1.29 is 23.5 Å².